The first kappa shape index (κ1) is 11.0. The summed E-state index contributed by atoms with van der Waals surface area (Å²) in [6.07, 6.45) is 2.82. The fraction of sp³-hybridized carbons (Fsp3) is 0.625. The van der Waals surface area contributed by atoms with Crippen molar-refractivity contribution in [1.82, 2.24) is 0 Å². The van der Waals surface area contributed by atoms with E-state index < -0.39 is 5.97 Å². The minimum Gasteiger partial charge on any atom is -0.490 e. The summed E-state index contributed by atoms with van der Waals surface area (Å²) in [7, 11) is 2.70. The molecule has 0 spiro atoms. The fourth-order valence-electron chi connectivity index (χ4n) is 0.675. The number of hydrogen-bond donors (Lipinski definition) is 1. The van der Waals surface area contributed by atoms with Gasteiger partial charge in [-0.25, -0.2) is 4.79 Å². The van der Waals surface area contributed by atoms with Gasteiger partial charge < -0.3 is 14.6 Å². The van der Waals surface area contributed by atoms with Crippen LogP contribution in [0.2, 0.25) is 0 Å². The van der Waals surface area contributed by atoms with Gasteiger partial charge in [0.25, 0.3) is 0 Å². The van der Waals surface area contributed by atoms with Gasteiger partial charge in [0.05, 0.1) is 14.2 Å². The number of aliphatic hydroxyl groups is 1. The van der Waals surface area contributed by atoms with Crippen molar-refractivity contribution in [2.24, 2.45) is 0 Å². The van der Waals surface area contributed by atoms with Gasteiger partial charge in [-0.2, -0.15) is 0 Å². The summed E-state index contributed by atoms with van der Waals surface area (Å²) in [5.41, 5.74) is 0. The van der Waals surface area contributed by atoms with Crippen LogP contribution in [0.3, 0.4) is 0 Å². The van der Waals surface area contributed by atoms with Crippen LogP contribution in [-0.2, 0) is 14.3 Å². The van der Waals surface area contributed by atoms with Crippen LogP contribution >= 0.6 is 0 Å². The Morgan fingerprint density at radius 2 is 2.08 bits per heavy atom. The molecule has 0 fully saturated rings. The Labute approximate surface area is 71.8 Å². The highest BCUT2D eigenvalue weighted by molar-refractivity contribution is 5.85. The first-order chi connectivity index (χ1) is 5.76. The maximum absolute atomic E-state index is 10.9. The lowest BCUT2D eigenvalue weighted by molar-refractivity contribution is -0.139. The number of carbonyl (C=O) groups is 1. The second-order valence-corrected chi connectivity index (χ2v) is 2.13. The van der Waals surface area contributed by atoms with Gasteiger partial charge in [-0.3, -0.25) is 0 Å². The third-order valence-electron chi connectivity index (χ3n) is 1.30. The van der Waals surface area contributed by atoms with Crippen molar-refractivity contribution in [2.75, 3.05) is 20.8 Å². The van der Waals surface area contributed by atoms with Gasteiger partial charge >= 0.3 is 5.97 Å². The molecule has 0 bridgehead atoms. The van der Waals surface area contributed by atoms with Gasteiger partial charge in [0.15, 0.2) is 5.76 Å². The van der Waals surface area contributed by atoms with E-state index in [0.29, 0.717) is 12.8 Å². The molecule has 0 unspecified atom stereocenters. The predicted molar refractivity (Wildman–Crippen MR) is 43.4 cm³/mol. The van der Waals surface area contributed by atoms with E-state index in [1.807, 2.05) is 0 Å². The van der Waals surface area contributed by atoms with Gasteiger partial charge in [0.1, 0.15) is 0 Å². The Hall–Kier alpha value is -1.03. The van der Waals surface area contributed by atoms with Crippen LogP contribution in [0.1, 0.15) is 12.8 Å². The molecule has 12 heavy (non-hydrogen) atoms. The van der Waals surface area contributed by atoms with Gasteiger partial charge in [-0.1, -0.05) is 0 Å². The Bertz CT molecular complexity index is 162. The average molecular weight is 174 g/mol. The number of ether oxygens (including phenoxy) is 2. The number of allylic oxidation sites excluding steroid dienone is 1. The molecule has 0 amide bonds. The SMILES string of the molecule is COC(=O)/C(=C\CCCO)OC. The molecule has 0 saturated carbocycles. The second kappa shape index (κ2) is 6.67. The Kier molecular flexibility index (Phi) is 6.09. The third kappa shape index (κ3) is 3.98. The molecular weight excluding hydrogens is 160 g/mol. The maximum Gasteiger partial charge on any atom is 0.372 e. The van der Waals surface area contributed by atoms with Crippen LogP contribution in [0.25, 0.3) is 0 Å². The van der Waals surface area contributed by atoms with Crippen molar-refractivity contribution >= 4 is 5.97 Å². The summed E-state index contributed by atoms with van der Waals surface area (Å²) >= 11 is 0. The summed E-state index contributed by atoms with van der Waals surface area (Å²) < 4.78 is 9.19. The Morgan fingerprint density at radius 3 is 2.50 bits per heavy atom. The number of hydrogen-bond acceptors (Lipinski definition) is 4. The fourth-order valence-corrected chi connectivity index (χ4v) is 0.675. The molecule has 0 aliphatic carbocycles. The second-order valence-electron chi connectivity index (χ2n) is 2.13. The molecule has 0 saturated heterocycles. The van der Waals surface area contributed by atoms with Crippen LogP contribution in [0.4, 0.5) is 0 Å². The largest absolute Gasteiger partial charge is 0.490 e. The number of esters is 1. The van der Waals surface area contributed by atoms with Crippen molar-refractivity contribution in [3.05, 3.63) is 11.8 Å². The topological polar surface area (TPSA) is 55.8 Å². The van der Waals surface area contributed by atoms with E-state index in [4.69, 9.17) is 9.84 Å². The number of carbonyl (C=O) groups excluding carboxylic acids is 1. The lowest BCUT2D eigenvalue weighted by Gasteiger charge is -2.02. The van der Waals surface area contributed by atoms with Crippen molar-refractivity contribution in [2.45, 2.75) is 12.8 Å². The summed E-state index contributed by atoms with van der Waals surface area (Å²) in [6, 6.07) is 0. The molecule has 1 N–H and O–H groups in total. The van der Waals surface area contributed by atoms with E-state index in [2.05, 4.69) is 4.74 Å². The zero-order chi connectivity index (χ0) is 9.40. The normalized spacial score (nSPS) is 11.1. The molecule has 0 aromatic carbocycles. The van der Waals surface area contributed by atoms with E-state index in [1.165, 1.54) is 14.2 Å². The maximum atomic E-state index is 10.9. The number of unbranched alkanes of at least 4 members (excludes halogenated alkanes) is 1. The number of aliphatic hydroxyl groups excluding tert-OH is 1. The molecule has 0 aliphatic rings. The monoisotopic (exact) mass is 174 g/mol. The minimum absolute atomic E-state index is 0.106. The van der Waals surface area contributed by atoms with Gasteiger partial charge in [0, 0.05) is 6.61 Å². The molecule has 0 rings (SSSR count). The molecule has 4 heteroatoms. The van der Waals surface area contributed by atoms with E-state index in [-0.39, 0.29) is 12.4 Å². The van der Waals surface area contributed by atoms with E-state index in [0.717, 1.165) is 0 Å². The average Bonchev–Trinajstić information content (AvgIpc) is 2.11. The third-order valence-corrected chi connectivity index (χ3v) is 1.30. The summed E-state index contributed by atoms with van der Waals surface area (Å²) in [5, 5.41) is 8.46. The Morgan fingerprint density at radius 1 is 1.42 bits per heavy atom. The zero-order valence-corrected chi connectivity index (χ0v) is 7.37. The molecular formula is C8H14O4. The molecule has 0 aromatic heterocycles. The quantitative estimate of drug-likeness (QED) is 0.285. The smallest absolute Gasteiger partial charge is 0.372 e. The summed E-state index contributed by atoms with van der Waals surface area (Å²) in [5.74, 6) is -0.304. The van der Waals surface area contributed by atoms with E-state index in [9.17, 15) is 4.79 Å². The molecule has 0 aliphatic heterocycles. The standard InChI is InChI=1S/C8H14O4/c1-11-7(8(10)12-2)5-3-4-6-9/h5,9H,3-4,6H2,1-2H3/b7-5+. The highest BCUT2D eigenvalue weighted by atomic mass is 16.6. The number of methoxy groups -OCH3 is 2. The molecule has 0 heterocycles. The first-order valence-electron chi connectivity index (χ1n) is 3.69. The highest BCUT2D eigenvalue weighted by Crippen LogP contribution is 2.01. The molecule has 0 aromatic rings. The van der Waals surface area contributed by atoms with Gasteiger partial charge in [0.2, 0.25) is 0 Å². The van der Waals surface area contributed by atoms with Crippen LogP contribution in [-0.4, -0.2) is 31.9 Å². The van der Waals surface area contributed by atoms with Crippen LogP contribution in [0, 0.1) is 0 Å². The van der Waals surface area contributed by atoms with E-state index >= 15 is 0 Å². The van der Waals surface area contributed by atoms with Crippen molar-refractivity contribution in [3.63, 3.8) is 0 Å². The van der Waals surface area contributed by atoms with Crippen molar-refractivity contribution in [3.8, 4) is 0 Å². The van der Waals surface area contributed by atoms with Gasteiger partial charge in [-0.05, 0) is 18.9 Å². The minimum atomic E-state index is -0.490. The lowest BCUT2D eigenvalue weighted by atomic mass is 10.3. The van der Waals surface area contributed by atoms with E-state index in [1.54, 1.807) is 6.08 Å². The summed E-state index contributed by atoms with van der Waals surface area (Å²) in [4.78, 5) is 10.9. The number of rotatable bonds is 5. The first-order valence-corrected chi connectivity index (χ1v) is 3.69. The Balaban J connectivity index is 3.95. The van der Waals surface area contributed by atoms with Crippen molar-refractivity contribution < 1.29 is 19.4 Å². The molecule has 0 atom stereocenters. The highest BCUT2D eigenvalue weighted by Gasteiger charge is 2.07. The van der Waals surface area contributed by atoms with Crippen LogP contribution in [0.15, 0.2) is 11.8 Å². The molecule has 0 radical (unpaired) electrons. The predicted octanol–water partition coefficient (Wildman–Crippen LogP) is 0.462. The van der Waals surface area contributed by atoms with Crippen LogP contribution in [0.5, 0.6) is 0 Å². The van der Waals surface area contributed by atoms with Crippen LogP contribution < -0.4 is 0 Å². The lowest BCUT2D eigenvalue weighted by Crippen LogP contribution is -2.06. The van der Waals surface area contributed by atoms with Gasteiger partial charge in [-0.15, -0.1) is 0 Å². The van der Waals surface area contributed by atoms with Crippen molar-refractivity contribution in [1.29, 1.82) is 0 Å². The zero-order valence-electron chi connectivity index (χ0n) is 7.37. The summed E-state index contributed by atoms with van der Waals surface area (Å²) in [6.45, 7) is 0.106. The molecule has 4 nitrogen and oxygen atoms in total. The molecule has 70 valence electrons.